The van der Waals surface area contributed by atoms with Crippen molar-refractivity contribution in [2.24, 2.45) is 0 Å². The number of alkyl halides is 7. The molecule has 0 amide bonds. The van der Waals surface area contributed by atoms with Crippen molar-refractivity contribution in [2.75, 3.05) is 13.7 Å². The zero-order chi connectivity index (χ0) is 26.4. The van der Waals surface area contributed by atoms with E-state index in [9.17, 15) is 40.3 Å². The van der Waals surface area contributed by atoms with Gasteiger partial charge in [-0.25, -0.2) is 14.0 Å². The van der Waals surface area contributed by atoms with Crippen LogP contribution in [0.15, 0.2) is 48.5 Å². The van der Waals surface area contributed by atoms with Gasteiger partial charge in [-0.2, -0.15) is 26.3 Å². The molecule has 1 aliphatic heterocycles. The fourth-order valence-corrected chi connectivity index (χ4v) is 2.85. The van der Waals surface area contributed by atoms with Gasteiger partial charge < -0.3 is 19.3 Å². The van der Waals surface area contributed by atoms with Crippen LogP contribution < -0.4 is 0 Å². The van der Waals surface area contributed by atoms with Gasteiger partial charge in [0.05, 0.1) is 28.4 Å². The summed E-state index contributed by atoms with van der Waals surface area (Å²) >= 11 is 0. The Bertz CT molecular complexity index is 987. The summed E-state index contributed by atoms with van der Waals surface area (Å²) in [6, 6.07) is 6.96. The number of benzene rings is 2. The predicted molar refractivity (Wildman–Crippen MR) is 105 cm³/mol. The SMILES string of the molecule is COC1OC(COC(=O)c2ccc(C(F)(F)F)cc2)CC1F.O=C(O)c1ccc(C(F)(F)F)cc1. The average Bonchev–Trinajstić information content (AvgIpc) is 3.16. The van der Waals surface area contributed by atoms with Gasteiger partial charge in [-0.3, -0.25) is 0 Å². The van der Waals surface area contributed by atoms with Crippen LogP contribution in [0, 0.1) is 0 Å². The lowest BCUT2D eigenvalue weighted by Gasteiger charge is -2.13. The fourth-order valence-electron chi connectivity index (χ4n) is 2.85. The van der Waals surface area contributed by atoms with E-state index in [0.717, 1.165) is 48.5 Å². The molecule has 1 N–H and O–H groups in total. The summed E-state index contributed by atoms with van der Waals surface area (Å²) in [6.07, 6.45) is -11.8. The van der Waals surface area contributed by atoms with Crippen molar-refractivity contribution in [1.29, 1.82) is 0 Å². The maximum Gasteiger partial charge on any atom is 0.416 e. The zero-order valence-corrected chi connectivity index (χ0v) is 17.9. The molecule has 0 aromatic heterocycles. The van der Waals surface area contributed by atoms with Gasteiger partial charge in [0.25, 0.3) is 0 Å². The van der Waals surface area contributed by atoms with E-state index >= 15 is 0 Å². The molecule has 1 fully saturated rings. The number of carbonyl (C=O) groups excluding carboxylic acids is 1. The Hall–Kier alpha value is -3.19. The van der Waals surface area contributed by atoms with Gasteiger partial charge in [0.1, 0.15) is 6.61 Å². The number of esters is 1. The molecule has 13 heteroatoms. The Morgan fingerprint density at radius 1 is 0.914 bits per heavy atom. The molecule has 0 radical (unpaired) electrons. The molecule has 0 aliphatic carbocycles. The lowest BCUT2D eigenvalue weighted by Crippen LogP contribution is -2.21. The van der Waals surface area contributed by atoms with E-state index < -0.39 is 54.0 Å². The first-order chi connectivity index (χ1) is 16.2. The number of ether oxygens (including phenoxy) is 3. The molecule has 3 unspecified atom stereocenters. The van der Waals surface area contributed by atoms with Crippen LogP contribution in [-0.4, -0.2) is 49.3 Å². The molecule has 3 rings (SSSR count). The van der Waals surface area contributed by atoms with Crippen molar-refractivity contribution < 1.29 is 59.6 Å². The first kappa shape index (κ1) is 28.1. The summed E-state index contributed by atoms with van der Waals surface area (Å²) in [6.45, 7) is -0.194. The highest BCUT2D eigenvalue weighted by Crippen LogP contribution is 2.30. The summed E-state index contributed by atoms with van der Waals surface area (Å²) in [5.74, 6) is -2.04. The lowest BCUT2D eigenvalue weighted by molar-refractivity contribution is -0.141. The maximum atomic E-state index is 13.3. The van der Waals surface area contributed by atoms with Crippen LogP contribution in [0.5, 0.6) is 0 Å². The normalized spacial score (nSPS) is 20.1. The summed E-state index contributed by atoms with van der Waals surface area (Å²) in [5, 5.41) is 8.40. The number of hydrogen-bond acceptors (Lipinski definition) is 5. The van der Waals surface area contributed by atoms with E-state index in [1.165, 1.54) is 7.11 Å². The molecule has 0 saturated carbocycles. The van der Waals surface area contributed by atoms with Crippen molar-refractivity contribution in [3.8, 4) is 0 Å². The van der Waals surface area contributed by atoms with Crippen LogP contribution in [0.2, 0.25) is 0 Å². The summed E-state index contributed by atoms with van der Waals surface area (Å²) in [4.78, 5) is 22.0. The zero-order valence-electron chi connectivity index (χ0n) is 17.9. The fraction of sp³-hybridized carbons (Fsp3) is 0.364. The first-order valence-corrected chi connectivity index (χ1v) is 9.79. The van der Waals surface area contributed by atoms with Crippen LogP contribution in [0.3, 0.4) is 0 Å². The number of carbonyl (C=O) groups is 2. The number of carboxylic acid groups (broad SMARTS) is 1. The largest absolute Gasteiger partial charge is 0.478 e. The minimum Gasteiger partial charge on any atom is -0.478 e. The van der Waals surface area contributed by atoms with Crippen molar-refractivity contribution in [3.63, 3.8) is 0 Å². The minimum absolute atomic E-state index is 0.0221. The maximum absolute atomic E-state index is 13.3. The molecule has 1 saturated heterocycles. The third kappa shape index (κ3) is 8.21. The van der Waals surface area contributed by atoms with Gasteiger partial charge in [0.15, 0.2) is 12.5 Å². The van der Waals surface area contributed by atoms with E-state index in [-0.39, 0.29) is 24.2 Å². The smallest absolute Gasteiger partial charge is 0.416 e. The highest BCUT2D eigenvalue weighted by molar-refractivity contribution is 5.89. The third-order valence-electron chi connectivity index (χ3n) is 4.65. The third-order valence-corrected chi connectivity index (χ3v) is 4.65. The van der Waals surface area contributed by atoms with Crippen molar-refractivity contribution in [1.82, 2.24) is 0 Å². The van der Waals surface area contributed by atoms with Gasteiger partial charge in [-0.1, -0.05) is 0 Å². The van der Waals surface area contributed by atoms with Crippen molar-refractivity contribution in [3.05, 3.63) is 70.8 Å². The Labute approximate surface area is 194 Å². The van der Waals surface area contributed by atoms with Gasteiger partial charge in [0.2, 0.25) is 0 Å². The molecule has 0 spiro atoms. The molecule has 1 aliphatic rings. The molecule has 192 valence electrons. The van der Waals surface area contributed by atoms with Crippen LogP contribution in [0.25, 0.3) is 0 Å². The molecule has 6 nitrogen and oxygen atoms in total. The molecule has 3 atom stereocenters. The van der Waals surface area contributed by atoms with Crippen molar-refractivity contribution in [2.45, 2.75) is 37.3 Å². The lowest BCUT2D eigenvalue weighted by atomic mass is 10.1. The van der Waals surface area contributed by atoms with Crippen molar-refractivity contribution >= 4 is 11.9 Å². The number of halogens is 7. The summed E-state index contributed by atoms with van der Waals surface area (Å²) in [5.41, 5.74) is -1.89. The van der Waals surface area contributed by atoms with E-state index in [0.29, 0.717) is 0 Å². The molecule has 35 heavy (non-hydrogen) atoms. The van der Waals surface area contributed by atoms with Crippen LogP contribution in [-0.2, 0) is 26.6 Å². The summed E-state index contributed by atoms with van der Waals surface area (Å²) in [7, 11) is 1.30. The average molecular weight is 512 g/mol. The molecular formula is C22H19F7O6. The summed E-state index contributed by atoms with van der Waals surface area (Å²) < 4.78 is 101. The van der Waals surface area contributed by atoms with Gasteiger partial charge in [-0.05, 0) is 48.5 Å². The van der Waals surface area contributed by atoms with E-state index in [2.05, 4.69) is 0 Å². The number of aromatic carboxylic acids is 1. The Kier molecular flexibility index (Phi) is 9.21. The van der Waals surface area contributed by atoms with Gasteiger partial charge >= 0.3 is 24.3 Å². The van der Waals surface area contributed by atoms with E-state index in [1.54, 1.807) is 0 Å². The standard InChI is InChI=1S/C14H14F4O4.C8H5F3O2/c1-20-13-11(15)6-10(22-13)7-21-12(19)8-2-4-9(5-3-8)14(16,17)18;9-8(10,11)6-3-1-5(2-4-6)7(12)13/h2-5,10-11,13H,6-7H2,1H3;1-4H,(H,12,13). The van der Waals surface area contributed by atoms with Crippen LogP contribution in [0.1, 0.15) is 38.3 Å². The second-order valence-corrected chi connectivity index (χ2v) is 7.17. The molecule has 2 aromatic carbocycles. The molecule has 0 bridgehead atoms. The number of hydrogen-bond donors (Lipinski definition) is 1. The van der Waals surface area contributed by atoms with Gasteiger partial charge in [-0.15, -0.1) is 0 Å². The first-order valence-electron chi connectivity index (χ1n) is 9.79. The van der Waals surface area contributed by atoms with E-state index in [1.807, 2.05) is 0 Å². The predicted octanol–water partition coefficient (Wildman–Crippen LogP) is 5.37. The topological polar surface area (TPSA) is 82.1 Å². The number of carboxylic acids is 1. The minimum atomic E-state index is -4.47. The Morgan fingerprint density at radius 3 is 1.74 bits per heavy atom. The number of rotatable bonds is 5. The number of methoxy groups -OCH3 is 1. The van der Waals surface area contributed by atoms with Gasteiger partial charge in [0, 0.05) is 13.5 Å². The quantitative estimate of drug-likeness (QED) is 0.429. The molecule has 2 aromatic rings. The highest BCUT2D eigenvalue weighted by Gasteiger charge is 2.36. The Balaban J connectivity index is 0.000000283. The monoisotopic (exact) mass is 512 g/mol. The highest BCUT2D eigenvalue weighted by atomic mass is 19.4. The molecule has 1 heterocycles. The second-order valence-electron chi connectivity index (χ2n) is 7.17. The Morgan fingerprint density at radius 2 is 1.37 bits per heavy atom. The second kappa shape index (κ2) is 11.5. The van der Waals surface area contributed by atoms with E-state index in [4.69, 9.17) is 19.3 Å². The van der Waals surface area contributed by atoms with Crippen LogP contribution in [0.4, 0.5) is 30.7 Å². The van der Waals surface area contributed by atoms with Crippen LogP contribution >= 0.6 is 0 Å². The molecular weight excluding hydrogens is 493 g/mol.